The highest BCUT2D eigenvalue weighted by molar-refractivity contribution is 5.72. The Labute approximate surface area is 205 Å². The van der Waals surface area contributed by atoms with Crippen molar-refractivity contribution in [3.05, 3.63) is 72.5 Å². The number of fused-ring (bicyclic) bond motifs is 4. The number of nitrogens with zero attached hydrogens (tertiary/aromatic N) is 3. The fraction of sp³-hybridized carbons (Fsp3) is 0.467. The second-order valence-electron chi connectivity index (χ2n) is 11.8. The Hall–Kier alpha value is -2.92. The van der Waals surface area contributed by atoms with Crippen LogP contribution in [0.1, 0.15) is 56.0 Å². The van der Waals surface area contributed by atoms with Crippen LogP contribution in [0.5, 0.6) is 0 Å². The molecule has 178 valence electrons. The van der Waals surface area contributed by atoms with Crippen LogP contribution in [0.4, 0.5) is 0 Å². The number of para-hydroxylation sites is 2. The summed E-state index contributed by atoms with van der Waals surface area (Å²) in [6.07, 6.45) is 11.5. The van der Waals surface area contributed by atoms with E-state index in [1.165, 1.54) is 36.1 Å². The van der Waals surface area contributed by atoms with Crippen molar-refractivity contribution < 1.29 is 9.52 Å². The first kappa shape index (κ1) is 20.3. The molecule has 4 bridgehead atoms. The topological polar surface area (TPSA) is 64.1 Å². The number of aliphatic hydroxyl groups excluding tert-OH is 1. The summed E-state index contributed by atoms with van der Waals surface area (Å²) >= 11 is 0. The highest BCUT2D eigenvalue weighted by atomic mass is 16.3. The van der Waals surface area contributed by atoms with Gasteiger partial charge in [-0.2, -0.15) is 0 Å². The van der Waals surface area contributed by atoms with E-state index >= 15 is 0 Å². The Kier molecular flexibility index (Phi) is 4.23. The molecule has 1 aliphatic heterocycles. The molecule has 0 radical (unpaired) electrons. The van der Waals surface area contributed by atoms with E-state index in [0.717, 1.165) is 48.6 Å². The number of benzene rings is 2. The molecule has 4 saturated carbocycles. The first-order chi connectivity index (χ1) is 17.2. The Morgan fingerprint density at radius 1 is 1.03 bits per heavy atom. The SMILES string of the molecule is OC(CC1c2ccccc2-c2cncn21)C12CC3CC(C1)C(Cc1nc4ccccc4o1)C(C3)C2. The molecule has 0 amide bonds. The van der Waals surface area contributed by atoms with E-state index in [9.17, 15) is 5.11 Å². The van der Waals surface area contributed by atoms with E-state index in [-0.39, 0.29) is 17.6 Å². The van der Waals surface area contributed by atoms with Crippen LogP contribution in [0.15, 0.2) is 65.5 Å². The molecular weight excluding hydrogens is 434 g/mol. The zero-order valence-electron chi connectivity index (χ0n) is 19.9. The van der Waals surface area contributed by atoms with Gasteiger partial charge in [-0.05, 0) is 85.3 Å². The lowest BCUT2D eigenvalue weighted by atomic mass is 9.44. The summed E-state index contributed by atoms with van der Waals surface area (Å²) < 4.78 is 8.41. The maximum Gasteiger partial charge on any atom is 0.195 e. The van der Waals surface area contributed by atoms with Gasteiger partial charge in [-0.1, -0.05) is 36.4 Å². The van der Waals surface area contributed by atoms with Crippen molar-refractivity contribution >= 4 is 11.1 Å². The number of imidazole rings is 1. The molecule has 4 aromatic rings. The molecule has 4 aliphatic carbocycles. The standard InChI is InChI=1S/C30H31N3O2/c34-28(12-25-21-5-1-2-6-22(21)26-16-31-17-33(25)26)30-13-18-9-19(14-30)23(20(10-18)15-30)11-29-32-24-7-3-4-8-27(24)35-29/h1-8,16-20,23,25,28,34H,9-15H2. The first-order valence-electron chi connectivity index (χ1n) is 13.3. The Bertz CT molecular complexity index is 1370. The summed E-state index contributed by atoms with van der Waals surface area (Å²) in [6, 6.07) is 16.9. The van der Waals surface area contributed by atoms with Crippen molar-refractivity contribution in [3.8, 4) is 11.3 Å². The van der Waals surface area contributed by atoms with E-state index in [2.05, 4.69) is 33.8 Å². The molecule has 3 heterocycles. The predicted octanol–water partition coefficient (Wildman–Crippen LogP) is 6.03. The molecule has 5 aliphatic rings. The quantitative estimate of drug-likeness (QED) is 0.391. The molecule has 2 aromatic heterocycles. The van der Waals surface area contributed by atoms with Gasteiger partial charge in [0.1, 0.15) is 5.52 Å². The Morgan fingerprint density at radius 3 is 2.69 bits per heavy atom. The van der Waals surface area contributed by atoms with E-state index in [4.69, 9.17) is 9.40 Å². The molecule has 4 fully saturated rings. The van der Waals surface area contributed by atoms with Crippen LogP contribution in [-0.4, -0.2) is 25.7 Å². The summed E-state index contributed by atoms with van der Waals surface area (Å²) in [5.74, 6) is 3.64. The van der Waals surface area contributed by atoms with E-state index < -0.39 is 0 Å². The van der Waals surface area contributed by atoms with Gasteiger partial charge in [-0.25, -0.2) is 9.97 Å². The van der Waals surface area contributed by atoms with Crippen molar-refractivity contribution in [3.63, 3.8) is 0 Å². The van der Waals surface area contributed by atoms with Crippen LogP contribution >= 0.6 is 0 Å². The second-order valence-corrected chi connectivity index (χ2v) is 11.8. The lowest BCUT2D eigenvalue weighted by Gasteiger charge is -2.61. The zero-order chi connectivity index (χ0) is 23.1. The van der Waals surface area contributed by atoms with Gasteiger partial charge in [0, 0.05) is 12.0 Å². The molecular formula is C30H31N3O2. The van der Waals surface area contributed by atoms with E-state index in [0.29, 0.717) is 17.8 Å². The molecule has 5 nitrogen and oxygen atoms in total. The third-order valence-electron chi connectivity index (χ3n) is 10.0. The van der Waals surface area contributed by atoms with E-state index in [1.54, 1.807) is 0 Å². The van der Waals surface area contributed by atoms with Gasteiger partial charge in [0.25, 0.3) is 0 Å². The maximum atomic E-state index is 11.9. The molecule has 4 atom stereocenters. The van der Waals surface area contributed by atoms with Crippen molar-refractivity contribution in [1.29, 1.82) is 0 Å². The average molecular weight is 466 g/mol. The molecule has 0 spiro atoms. The molecule has 9 rings (SSSR count). The molecule has 5 heteroatoms. The minimum atomic E-state index is -0.285. The summed E-state index contributed by atoms with van der Waals surface area (Å²) in [6.45, 7) is 0. The smallest absolute Gasteiger partial charge is 0.195 e. The van der Waals surface area contributed by atoms with Crippen LogP contribution < -0.4 is 0 Å². The average Bonchev–Trinajstić information content (AvgIpc) is 3.56. The van der Waals surface area contributed by atoms with Gasteiger partial charge in [-0.3, -0.25) is 0 Å². The van der Waals surface area contributed by atoms with Gasteiger partial charge in [0.15, 0.2) is 11.5 Å². The minimum Gasteiger partial charge on any atom is -0.441 e. The van der Waals surface area contributed by atoms with Crippen LogP contribution in [0.25, 0.3) is 22.4 Å². The van der Waals surface area contributed by atoms with Crippen LogP contribution in [0, 0.1) is 29.1 Å². The van der Waals surface area contributed by atoms with Crippen molar-refractivity contribution in [2.75, 3.05) is 0 Å². The predicted molar refractivity (Wildman–Crippen MR) is 134 cm³/mol. The Balaban J connectivity index is 1.05. The lowest BCUT2D eigenvalue weighted by molar-refractivity contribution is -0.150. The number of aliphatic hydroxyl groups is 1. The largest absolute Gasteiger partial charge is 0.441 e. The molecule has 4 unspecified atom stereocenters. The first-order valence-corrected chi connectivity index (χ1v) is 13.3. The van der Waals surface area contributed by atoms with Gasteiger partial charge in [-0.15, -0.1) is 0 Å². The zero-order valence-corrected chi connectivity index (χ0v) is 19.9. The van der Waals surface area contributed by atoms with Crippen molar-refractivity contribution in [2.24, 2.45) is 29.1 Å². The fourth-order valence-corrected chi connectivity index (χ4v) is 8.78. The normalized spacial score (nSPS) is 33.2. The number of oxazole rings is 1. The Morgan fingerprint density at radius 2 is 1.83 bits per heavy atom. The van der Waals surface area contributed by atoms with Crippen molar-refractivity contribution in [2.45, 2.75) is 57.1 Å². The maximum absolute atomic E-state index is 11.9. The van der Waals surface area contributed by atoms with Gasteiger partial charge in [0.05, 0.1) is 30.4 Å². The third kappa shape index (κ3) is 2.97. The minimum absolute atomic E-state index is 0.0621. The molecule has 35 heavy (non-hydrogen) atoms. The molecule has 0 saturated heterocycles. The lowest BCUT2D eigenvalue weighted by Crippen LogP contribution is -2.56. The summed E-state index contributed by atoms with van der Waals surface area (Å²) in [5, 5.41) is 11.9. The van der Waals surface area contributed by atoms with E-state index in [1.807, 2.05) is 36.8 Å². The highest BCUT2D eigenvalue weighted by Crippen LogP contribution is 2.64. The van der Waals surface area contributed by atoms with Gasteiger partial charge < -0.3 is 14.1 Å². The van der Waals surface area contributed by atoms with Crippen LogP contribution in [0.2, 0.25) is 0 Å². The van der Waals surface area contributed by atoms with Crippen molar-refractivity contribution in [1.82, 2.24) is 14.5 Å². The summed E-state index contributed by atoms with van der Waals surface area (Å²) in [4.78, 5) is 9.22. The summed E-state index contributed by atoms with van der Waals surface area (Å²) in [7, 11) is 0. The number of hydrogen-bond donors (Lipinski definition) is 1. The number of rotatable bonds is 5. The third-order valence-corrected chi connectivity index (χ3v) is 10.0. The molecule has 1 N–H and O–H groups in total. The molecule has 2 aromatic carbocycles. The van der Waals surface area contributed by atoms with Crippen LogP contribution in [0.3, 0.4) is 0 Å². The monoisotopic (exact) mass is 465 g/mol. The number of hydrogen-bond acceptors (Lipinski definition) is 4. The summed E-state index contributed by atoms with van der Waals surface area (Å²) in [5.41, 5.74) is 5.71. The fourth-order valence-electron chi connectivity index (χ4n) is 8.78. The van der Waals surface area contributed by atoms with Gasteiger partial charge >= 0.3 is 0 Å². The number of aromatic nitrogens is 3. The van der Waals surface area contributed by atoms with Gasteiger partial charge in [0.2, 0.25) is 0 Å². The second kappa shape index (κ2) is 7.30. The van der Waals surface area contributed by atoms with Crippen LogP contribution in [-0.2, 0) is 6.42 Å². The highest BCUT2D eigenvalue weighted by Gasteiger charge is 2.58.